The summed E-state index contributed by atoms with van der Waals surface area (Å²) in [5.74, 6) is -0.604. The lowest BCUT2D eigenvalue weighted by Crippen LogP contribution is -2.52. The van der Waals surface area contributed by atoms with Crippen LogP contribution in [0.5, 0.6) is 0 Å². The van der Waals surface area contributed by atoms with E-state index in [-0.39, 0.29) is 12.1 Å². The standard InChI is InChI=1S/C16H27F3N2/c17-16(18,19)12-6-1-2-7-15(12)21-14-8-3-5-11(14)13-9-4-10-20-13/h11-15,20-21H,1-10H2. The average Bonchev–Trinajstić information content (AvgIpc) is 3.08. The molecular weight excluding hydrogens is 277 g/mol. The summed E-state index contributed by atoms with van der Waals surface area (Å²) in [4.78, 5) is 0. The molecule has 0 aromatic rings. The van der Waals surface area contributed by atoms with Crippen LogP contribution in [-0.2, 0) is 0 Å². The summed E-state index contributed by atoms with van der Waals surface area (Å²) in [6.45, 7) is 1.07. The second-order valence-corrected chi connectivity index (χ2v) is 7.11. The van der Waals surface area contributed by atoms with Crippen molar-refractivity contribution in [2.75, 3.05) is 6.54 Å². The van der Waals surface area contributed by atoms with Crippen LogP contribution >= 0.6 is 0 Å². The zero-order valence-corrected chi connectivity index (χ0v) is 12.6. The highest BCUT2D eigenvalue weighted by molar-refractivity contribution is 4.96. The first-order valence-corrected chi connectivity index (χ1v) is 8.62. The van der Waals surface area contributed by atoms with Gasteiger partial charge in [0.25, 0.3) is 0 Å². The van der Waals surface area contributed by atoms with Gasteiger partial charge in [-0.1, -0.05) is 19.3 Å². The molecule has 3 rings (SSSR count). The van der Waals surface area contributed by atoms with Crippen molar-refractivity contribution in [3.05, 3.63) is 0 Å². The third-order valence-electron chi connectivity index (χ3n) is 5.80. The summed E-state index contributed by atoms with van der Waals surface area (Å²) in [5.41, 5.74) is 0. The van der Waals surface area contributed by atoms with Crippen molar-refractivity contribution in [3.8, 4) is 0 Å². The van der Waals surface area contributed by atoms with Gasteiger partial charge in [-0.05, 0) is 51.0 Å². The Bertz CT molecular complexity index is 339. The molecule has 2 N–H and O–H groups in total. The van der Waals surface area contributed by atoms with Crippen LogP contribution in [-0.4, -0.2) is 30.8 Å². The van der Waals surface area contributed by atoms with Crippen LogP contribution in [0, 0.1) is 11.8 Å². The minimum Gasteiger partial charge on any atom is -0.314 e. The van der Waals surface area contributed by atoms with Crippen LogP contribution in [0.4, 0.5) is 13.2 Å². The van der Waals surface area contributed by atoms with E-state index in [1.54, 1.807) is 0 Å². The molecule has 2 saturated carbocycles. The highest BCUT2D eigenvalue weighted by Gasteiger charge is 2.47. The maximum absolute atomic E-state index is 13.2. The molecule has 0 radical (unpaired) electrons. The molecule has 1 saturated heterocycles. The smallest absolute Gasteiger partial charge is 0.314 e. The second kappa shape index (κ2) is 6.45. The van der Waals surface area contributed by atoms with Crippen LogP contribution in [0.15, 0.2) is 0 Å². The molecule has 122 valence electrons. The number of hydrogen-bond acceptors (Lipinski definition) is 2. The van der Waals surface area contributed by atoms with E-state index >= 15 is 0 Å². The summed E-state index contributed by atoms with van der Waals surface area (Å²) in [5, 5.41) is 6.99. The largest absolute Gasteiger partial charge is 0.393 e. The molecule has 5 unspecified atom stereocenters. The summed E-state index contributed by atoms with van der Waals surface area (Å²) in [7, 11) is 0. The molecular formula is C16H27F3N2. The molecule has 0 aromatic heterocycles. The Balaban J connectivity index is 1.63. The maximum Gasteiger partial charge on any atom is 0.393 e. The van der Waals surface area contributed by atoms with Gasteiger partial charge < -0.3 is 10.6 Å². The van der Waals surface area contributed by atoms with Crippen molar-refractivity contribution in [2.45, 2.75) is 82.1 Å². The van der Waals surface area contributed by atoms with Crippen LogP contribution in [0.3, 0.4) is 0 Å². The number of nitrogens with one attached hydrogen (secondary N) is 2. The van der Waals surface area contributed by atoms with Crippen LogP contribution in [0.2, 0.25) is 0 Å². The van der Waals surface area contributed by atoms with Gasteiger partial charge in [0.2, 0.25) is 0 Å². The molecule has 1 aliphatic heterocycles. The first-order chi connectivity index (χ1) is 10.1. The zero-order chi connectivity index (χ0) is 14.9. The molecule has 0 bridgehead atoms. The van der Waals surface area contributed by atoms with Crippen molar-refractivity contribution in [2.24, 2.45) is 11.8 Å². The van der Waals surface area contributed by atoms with Crippen molar-refractivity contribution < 1.29 is 13.2 Å². The van der Waals surface area contributed by atoms with Gasteiger partial charge in [-0.2, -0.15) is 13.2 Å². The van der Waals surface area contributed by atoms with Crippen molar-refractivity contribution in [1.82, 2.24) is 10.6 Å². The third-order valence-corrected chi connectivity index (χ3v) is 5.80. The van der Waals surface area contributed by atoms with Crippen LogP contribution in [0.25, 0.3) is 0 Å². The van der Waals surface area contributed by atoms with Gasteiger partial charge in [0.15, 0.2) is 0 Å². The van der Waals surface area contributed by atoms with Gasteiger partial charge in [-0.3, -0.25) is 0 Å². The summed E-state index contributed by atoms with van der Waals surface area (Å²) in [6.07, 6.45) is 4.37. The topological polar surface area (TPSA) is 24.1 Å². The van der Waals surface area contributed by atoms with E-state index < -0.39 is 12.1 Å². The Labute approximate surface area is 125 Å². The molecule has 0 spiro atoms. The molecule has 21 heavy (non-hydrogen) atoms. The van der Waals surface area contributed by atoms with Gasteiger partial charge in [0.1, 0.15) is 0 Å². The molecule has 3 aliphatic rings. The fourth-order valence-corrected chi connectivity index (χ4v) is 4.75. The van der Waals surface area contributed by atoms with Crippen molar-refractivity contribution in [3.63, 3.8) is 0 Å². The predicted octanol–water partition coefficient (Wildman–Crippen LogP) is 3.62. The van der Waals surface area contributed by atoms with E-state index in [1.807, 2.05) is 0 Å². The van der Waals surface area contributed by atoms with Crippen molar-refractivity contribution >= 4 is 0 Å². The Morgan fingerprint density at radius 2 is 1.57 bits per heavy atom. The second-order valence-electron chi connectivity index (χ2n) is 7.11. The van der Waals surface area contributed by atoms with Crippen molar-refractivity contribution in [1.29, 1.82) is 0 Å². The lowest BCUT2D eigenvalue weighted by Gasteiger charge is -2.37. The monoisotopic (exact) mass is 304 g/mol. The van der Waals surface area contributed by atoms with E-state index in [9.17, 15) is 13.2 Å². The Kier molecular flexibility index (Phi) is 4.79. The normalized spacial score (nSPS) is 41.6. The SMILES string of the molecule is FC(F)(F)C1CCCCC1NC1CCCC1C1CCCN1. The molecule has 2 nitrogen and oxygen atoms in total. The molecule has 3 fully saturated rings. The predicted molar refractivity (Wildman–Crippen MR) is 77.1 cm³/mol. The molecule has 0 aromatic carbocycles. The molecule has 1 heterocycles. The highest BCUT2D eigenvalue weighted by atomic mass is 19.4. The Morgan fingerprint density at radius 3 is 2.29 bits per heavy atom. The van der Waals surface area contributed by atoms with Crippen LogP contribution < -0.4 is 10.6 Å². The lowest BCUT2D eigenvalue weighted by molar-refractivity contribution is -0.189. The zero-order valence-electron chi connectivity index (χ0n) is 12.6. The fourth-order valence-electron chi connectivity index (χ4n) is 4.75. The van der Waals surface area contributed by atoms with Gasteiger partial charge in [-0.25, -0.2) is 0 Å². The van der Waals surface area contributed by atoms with Gasteiger partial charge in [0, 0.05) is 18.1 Å². The average molecular weight is 304 g/mol. The minimum atomic E-state index is -4.04. The molecule has 2 aliphatic carbocycles. The summed E-state index contributed by atoms with van der Waals surface area (Å²) < 4.78 is 39.6. The van der Waals surface area contributed by atoms with Crippen LogP contribution in [0.1, 0.15) is 57.8 Å². The molecule has 5 heteroatoms. The quantitative estimate of drug-likeness (QED) is 0.832. The third kappa shape index (κ3) is 3.55. The highest BCUT2D eigenvalue weighted by Crippen LogP contribution is 2.40. The number of halogens is 3. The maximum atomic E-state index is 13.2. The van der Waals surface area contributed by atoms with Gasteiger partial charge in [-0.15, -0.1) is 0 Å². The summed E-state index contributed by atoms with van der Waals surface area (Å²) in [6, 6.07) is 0.456. The van der Waals surface area contributed by atoms with E-state index in [0.29, 0.717) is 24.8 Å². The number of alkyl halides is 3. The Morgan fingerprint density at radius 1 is 0.810 bits per heavy atom. The number of hydrogen-bond donors (Lipinski definition) is 2. The van der Waals surface area contributed by atoms with E-state index in [2.05, 4.69) is 10.6 Å². The molecule has 0 amide bonds. The van der Waals surface area contributed by atoms with E-state index in [4.69, 9.17) is 0 Å². The van der Waals surface area contributed by atoms with E-state index in [0.717, 1.165) is 32.2 Å². The van der Waals surface area contributed by atoms with Gasteiger partial charge >= 0.3 is 6.18 Å². The molecule has 5 atom stereocenters. The minimum absolute atomic E-state index is 0.286. The first-order valence-electron chi connectivity index (χ1n) is 8.62. The number of rotatable bonds is 3. The lowest BCUT2D eigenvalue weighted by atomic mass is 9.82. The first kappa shape index (κ1) is 15.6. The fraction of sp³-hybridized carbons (Fsp3) is 1.00. The van der Waals surface area contributed by atoms with Gasteiger partial charge in [0.05, 0.1) is 5.92 Å². The summed E-state index contributed by atoms with van der Waals surface area (Å²) >= 11 is 0. The van der Waals surface area contributed by atoms with E-state index in [1.165, 1.54) is 19.3 Å². The Hall–Kier alpha value is -0.290.